The minimum atomic E-state index is -0.819. The van der Waals surface area contributed by atoms with Gasteiger partial charge in [0.2, 0.25) is 11.8 Å². The number of amides is 3. The molecule has 8 nitrogen and oxygen atoms in total. The highest BCUT2D eigenvalue weighted by molar-refractivity contribution is 6.06. The Morgan fingerprint density at radius 2 is 1.77 bits per heavy atom. The van der Waals surface area contributed by atoms with E-state index in [9.17, 15) is 14.4 Å². The molecular weight excluding hydrogens is 398 g/mol. The maximum Gasteiger partial charge on any atom is 0.262 e. The molecule has 0 radical (unpaired) electrons. The van der Waals surface area contributed by atoms with Crippen molar-refractivity contribution in [3.05, 3.63) is 48.5 Å². The Hall–Kier alpha value is -3.55. The van der Waals surface area contributed by atoms with Crippen LogP contribution in [0.1, 0.15) is 19.8 Å². The average Bonchev–Trinajstić information content (AvgIpc) is 2.95. The summed E-state index contributed by atoms with van der Waals surface area (Å²) in [4.78, 5) is 41.6. The second-order valence-electron chi connectivity index (χ2n) is 7.42. The first kappa shape index (κ1) is 20.7. The predicted octanol–water partition coefficient (Wildman–Crippen LogP) is 2.12. The molecule has 0 spiro atoms. The van der Waals surface area contributed by atoms with Crippen LogP contribution in [0.15, 0.2) is 48.5 Å². The fourth-order valence-electron chi connectivity index (χ4n) is 3.68. The lowest BCUT2D eigenvalue weighted by Crippen LogP contribution is -2.53. The van der Waals surface area contributed by atoms with Crippen LogP contribution < -0.4 is 24.6 Å². The van der Waals surface area contributed by atoms with Crippen molar-refractivity contribution < 1.29 is 23.9 Å². The van der Waals surface area contributed by atoms with E-state index in [1.165, 1.54) is 9.80 Å². The maximum absolute atomic E-state index is 13.4. The molecule has 2 aliphatic heterocycles. The summed E-state index contributed by atoms with van der Waals surface area (Å²) < 4.78 is 11.5. The van der Waals surface area contributed by atoms with Gasteiger partial charge in [0.1, 0.15) is 18.0 Å². The van der Waals surface area contributed by atoms with Crippen molar-refractivity contribution in [2.75, 3.05) is 36.0 Å². The lowest BCUT2D eigenvalue weighted by atomic mass is 10.1. The lowest BCUT2D eigenvalue weighted by Gasteiger charge is -2.35. The van der Waals surface area contributed by atoms with Crippen LogP contribution in [0, 0.1) is 0 Å². The maximum atomic E-state index is 13.4. The van der Waals surface area contributed by atoms with Gasteiger partial charge in [0.25, 0.3) is 5.91 Å². The SMILES string of the molecule is CCCNC(=O)[C@@H]1CN(C(=O)CN2C(=O)CCOc3ccccc32)c2ccccc2O1. The highest BCUT2D eigenvalue weighted by atomic mass is 16.5. The van der Waals surface area contributed by atoms with Crippen LogP contribution in [0.2, 0.25) is 0 Å². The Labute approximate surface area is 180 Å². The van der Waals surface area contributed by atoms with Gasteiger partial charge >= 0.3 is 0 Å². The van der Waals surface area contributed by atoms with E-state index >= 15 is 0 Å². The number of anilines is 2. The summed E-state index contributed by atoms with van der Waals surface area (Å²) in [7, 11) is 0. The number of carbonyl (C=O) groups is 3. The van der Waals surface area contributed by atoms with Crippen molar-refractivity contribution >= 4 is 29.1 Å². The molecule has 2 aromatic rings. The number of fused-ring (bicyclic) bond motifs is 2. The van der Waals surface area contributed by atoms with Gasteiger partial charge in [-0.2, -0.15) is 0 Å². The van der Waals surface area contributed by atoms with Gasteiger partial charge in [-0.25, -0.2) is 0 Å². The highest BCUT2D eigenvalue weighted by Crippen LogP contribution is 2.35. The number of carbonyl (C=O) groups excluding carboxylic acids is 3. The molecule has 8 heteroatoms. The van der Waals surface area contributed by atoms with Crippen molar-refractivity contribution in [1.82, 2.24) is 5.32 Å². The molecule has 2 aliphatic rings. The van der Waals surface area contributed by atoms with Gasteiger partial charge in [0.15, 0.2) is 6.10 Å². The van der Waals surface area contributed by atoms with E-state index in [0.29, 0.717) is 29.4 Å². The van der Waals surface area contributed by atoms with Crippen LogP contribution >= 0.6 is 0 Å². The third-order valence-electron chi connectivity index (χ3n) is 5.24. The molecule has 0 aromatic heterocycles. The van der Waals surface area contributed by atoms with Crippen LogP contribution in [-0.4, -0.2) is 50.1 Å². The first-order valence-electron chi connectivity index (χ1n) is 10.4. The van der Waals surface area contributed by atoms with Crippen LogP contribution in [0.4, 0.5) is 11.4 Å². The number of hydrogen-bond acceptors (Lipinski definition) is 5. The molecule has 31 heavy (non-hydrogen) atoms. The molecule has 3 amide bonds. The molecular formula is C23H25N3O5. The van der Waals surface area contributed by atoms with Gasteiger partial charge in [-0.15, -0.1) is 0 Å². The normalized spacial score (nSPS) is 17.6. The summed E-state index contributed by atoms with van der Waals surface area (Å²) in [5.74, 6) is 0.287. The van der Waals surface area contributed by atoms with Gasteiger partial charge in [-0.1, -0.05) is 31.2 Å². The molecule has 1 atom stereocenters. The molecule has 0 bridgehead atoms. The van der Waals surface area contributed by atoms with Gasteiger partial charge in [-0.3, -0.25) is 19.3 Å². The number of nitrogens with one attached hydrogen (secondary N) is 1. The van der Waals surface area contributed by atoms with E-state index in [2.05, 4.69) is 5.32 Å². The fourth-order valence-corrected chi connectivity index (χ4v) is 3.68. The molecule has 0 unspecified atom stereocenters. The Morgan fingerprint density at radius 1 is 1.06 bits per heavy atom. The zero-order valence-corrected chi connectivity index (χ0v) is 17.4. The average molecular weight is 423 g/mol. The van der Waals surface area contributed by atoms with Crippen molar-refractivity contribution in [3.63, 3.8) is 0 Å². The quantitative estimate of drug-likeness (QED) is 0.796. The zero-order valence-electron chi connectivity index (χ0n) is 17.4. The lowest BCUT2D eigenvalue weighted by molar-refractivity contribution is -0.128. The Morgan fingerprint density at radius 3 is 2.55 bits per heavy atom. The molecule has 0 fully saturated rings. The van der Waals surface area contributed by atoms with Crippen molar-refractivity contribution in [1.29, 1.82) is 0 Å². The number of ether oxygens (including phenoxy) is 2. The number of para-hydroxylation sites is 4. The van der Waals surface area contributed by atoms with E-state index in [-0.39, 0.29) is 43.8 Å². The monoisotopic (exact) mass is 423 g/mol. The zero-order chi connectivity index (χ0) is 21.8. The van der Waals surface area contributed by atoms with E-state index in [1.54, 1.807) is 42.5 Å². The van der Waals surface area contributed by atoms with E-state index in [4.69, 9.17) is 9.47 Å². The third kappa shape index (κ3) is 4.33. The molecule has 2 aromatic carbocycles. The smallest absolute Gasteiger partial charge is 0.262 e. The standard InChI is InChI=1S/C23H25N3O5/c1-2-12-24-23(29)20-14-25(17-8-4-6-10-19(17)31-20)22(28)15-26-16-7-3-5-9-18(16)30-13-11-21(26)27/h3-10,20H,2,11-15H2,1H3,(H,24,29)/t20-/m0/s1. The van der Waals surface area contributed by atoms with Crippen molar-refractivity contribution in [2.24, 2.45) is 0 Å². The van der Waals surface area contributed by atoms with E-state index < -0.39 is 6.10 Å². The Kier molecular flexibility index (Phi) is 6.06. The third-order valence-corrected chi connectivity index (χ3v) is 5.24. The predicted molar refractivity (Wildman–Crippen MR) is 115 cm³/mol. The molecule has 1 N–H and O–H groups in total. The topological polar surface area (TPSA) is 88.2 Å². The largest absolute Gasteiger partial charge is 0.491 e. The van der Waals surface area contributed by atoms with Crippen molar-refractivity contribution in [3.8, 4) is 11.5 Å². The number of hydrogen-bond donors (Lipinski definition) is 1. The summed E-state index contributed by atoms with van der Waals surface area (Å²) >= 11 is 0. The van der Waals surface area contributed by atoms with Crippen LogP contribution in [0.25, 0.3) is 0 Å². The summed E-state index contributed by atoms with van der Waals surface area (Å²) in [5, 5.41) is 2.82. The van der Waals surface area contributed by atoms with E-state index in [1.807, 2.05) is 13.0 Å². The summed E-state index contributed by atoms with van der Waals surface area (Å²) in [5.41, 5.74) is 1.15. The summed E-state index contributed by atoms with van der Waals surface area (Å²) in [6, 6.07) is 14.3. The summed E-state index contributed by atoms with van der Waals surface area (Å²) in [6.45, 7) is 2.68. The number of nitrogens with zero attached hydrogens (tertiary/aromatic N) is 2. The fraction of sp³-hybridized carbons (Fsp3) is 0.348. The Bertz CT molecular complexity index is 993. The highest BCUT2D eigenvalue weighted by Gasteiger charge is 2.35. The molecule has 4 rings (SSSR count). The second-order valence-corrected chi connectivity index (χ2v) is 7.42. The molecule has 162 valence electrons. The van der Waals surface area contributed by atoms with Gasteiger partial charge in [0.05, 0.1) is 30.9 Å². The number of benzene rings is 2. The molecule has 0 saturated heterocycles. The molecule has 0 aliphatic carbocycles. The minimum absolute atomic E-state index is 0.0750. The summed E-state index contributed by atoms with van der Waals surface area (Å²) in [6.07, 6.45) is 0.167. The van der Waals surface area contributed by atoms with Crippen LogP contribution in [0.3, 0.4) is 0 Å². The molecule has 2 heterocycles. The second kappa shape index (κ2) is 9.07. The van der Waals surface area contributed by atoms with Gasteiger partial charge < -0.3 is 19.7 Å². The first-order chi connectivity index (χ1) is 15.1. The first-order valence-corrected chi connectivity index (χ1v) is 10.4. The minimum Gasteiger partial charge on any atom is -0.491 e. The van der Waals surface area contributed by atoms with Crippen LogP contribution in [-0.2, 0) is 14.4 Å². The number of rotatable bonds is 5. The van der Waals surface area contributed by atoms with Gasteiger partial charge in [0, 0.05) is 6.54 Å². The van der Waals surface area contributed by atoms with Gasteiger partial charge in [-0.05, 0) is 30.7 Å². The molecule has 0 saturated carbocycles. The van der Waals surface area contributed by atoms with Crippen LogP contribution in [0.5, 0.6) is 11.5 Å². The Balaban J connectivity index is 1.59. The van der Waals surface area contributed by atoms with Crippen molar-refractivity contribution in [2.45, 2.75) is 25.9 Å². The van der Waals surface area contributed by atoms with E-state index in [0.717, 1.165) is 6.42 Å².